The van der Waals surface area contributed by atoms with Crippen LogP contribution in [0.2, 0.25) is 0 Å². The molecule has 11 heavy (non-hydrogen) atoms. The first kappa shape index (κ1) is 7.10. The molecule has 3 heteroatoms. The van der Waals surface area contributed by atoms with Crippen molar-refractivity contribution in [2.75, 3.05) is 6.54 Å². The van der Waals surface area contributed by atoms with Crippen LogP contribution in [0.15, 0.2) is 0 Å². The van der Waals surface area contributed by atoms with Crippen molar-refractivity contribution in [2.24, 2.45) is 17.6 Å². The molecule has 62 valence electrons. The van der Waals surface area contributed by atoms with Crippen molar-refractivity contribution < 1.29 is 4.79 Å². The summed E-state index contributed by atoms with van der Waals surface area (Å²) >= 11 is 0. The van der Waals surface area contributed by atoms with Crippen molar-refractivity contribution in [1.29, 1.82) is 0 Å². The van der Waals surface area contributed by atoms with Gasteiger partial charge in [0.05, 0.1) is 0 Å². The largest absolute Gasteiger partial charge is 0.369 e. The van der Waals surface area contributed by atoms with Crippen molar-refractivity contribution in [2.45, 2.75) is 25.3 Å². The van der Waals surface area contributed by atoms with Gasteiger partial charge < -0.3 is 11.1 Å². The summed E-state index contributed by atoms with van der Waals surface area (Å²) in [5, 5.41) is 3.40. The van der Waals surface area contributed by atoms with Gasteiger partial charge in [-0.05, 0) is 31.7 Å². The van der Waals surface area contributed by atoms with Crippen LogP contribution in [0.5, 0.6) is 0 Å². The van der Waals surface area contributed by atoms with Crippen molar-refractivity contribution in [3.63, 3.8) is 0 Å². The Balaban J connectivity index is 2.08. The summed E-state index contributed by atoms with van der Waals surface area (Å²) in [5.74, 6) is 0.591. The monoisotopic (exact) mass is 154 g/mol. The van der Waals surface area contributed by atoms with Gasteiger partial charge >= 0.3 is 0 Å². The number of piperidine rings is 2. The molecule has 3 fully saturated rings. The topological polar surface area (TPSA) is 55.1 Å². The van der Waals surface area contributed by atoms with E-state index in [1.165, 1.54) is 12.8 Å². The smallest absolute Gasteiger partial charge is 0.220 e. The standard InChI is InChI=1S/C8H14N2O/c9-8(11)7-3-6-2-1-5(7)4-10-6/h5-7,10H,1-4H2,(H2,9,11). The van der Waals surface area contributed by atoms with E-state index in [1.807, 2.05) is 0 Å². The number of carbonyl (C=O) groups excluding carboxylic acids is 1. The summed E-state index contributed by atoms with van der Waals surface area (Å²) in [5.41, 5.74) is 5.29. The van der Waals surface area contributed by atoms with E-state index in [-0.39, 0.29) is 11.8 Å². The molecule has 1 amide bonds. The molecule has 3 rings (SSSR count). The van der Waals surface area contributed by atoms with Gasteiger partial charge in [-0.1, -0.05) is 0 Å². The third-order valence-electron chi connectivity index (χ3n) is 3.03. The van der Waals surface area contributed by atoms with Gasteiger partial charge in [0.2, 0.25) is 5.91 Å². The molecule has 2 aliphatic heterocycles. The quantitative estimate of drug-likeness (QED) is 0.552. The van der Waals surface area contributed by atoms with E-state index >= 15 is 0 Å². The normalized spacial score (nSPS) is 42.4. The van der Waals surface area contributed by atoms with Gasteiger partial charge in [0, 0.05) is 12.0 Å². The summed E-state index contributed by atoms with van der Waals surface area (Å²) < 4.78 is 0. The number of rotatable bonds is 1. The molecular formula is C8H14N2O. The molecule has 1 saturated carbocycles. The fourth-order valence-electron chi connectivity index (χ4n) is 2.33. The van der Waals surface area contributed by atoms with Crippen LogP contribution >= 0.6 is 0 Å². The highest BCUT2D eigenvalue weighted by Crippen LogP contribution is 2.33. The molecule has 3 unspecified atom stereocenters. The summed E-state index contributed by atoms with van der Waals surface area (Å²) in [7, 11) is 0. The maximum Gasteiger partial charge on any atom is 0.220 e. The molecule has 2 heterocycles. The second-order valence-electron chi connectivity index (χ2n) is 3.69. The first-order valence-corrected chi connectivity index (χ1v) is 4.30. The zero-order chi connectivity index (χ0) is 7.84. The van der Waals surface area contributed by atoms with E-state index in [9.17, 15) is 4.79 Å². The average Bonchev–Trinajstić information content (AvgIpc) is 2.06. The molecule has 2 bridgehead atoms. The molecule has 3 N–H and O–H groups in total. The molecule has 3 aliphatic rings. The Kier molecular flexibility index (Phi) is 1.60. The van der Waals surface area contributed by atoms with Crippen LogP contribution in [-0.4, -0.2) is 18.5 Å². The zero-order valence-corrected chi connectivity index (χ0v) is 6.55. The van der Waals surface area contributed by atoms with Crippen molar-refractivity contribution in [1.82, 2.24) is 5.32 Å². The number of hydrogen-bond donors (Lipinski definition) is 2. The minimum absolute atomic E-state index is 0.0961. The Hall–Kier alpha value is -0.570. The summed E-state index contributed by atoms with van der Waals surface area (Å²) in [6.45, 7) is 0.998. The van der Waals surface area contributed by atoms with Gasteiger partial charge in [-0.2, -0.15) is 0 Å². The Bertz CT molecular complexity index is 173. The van der Waals surface area contributed by atoms with Crippen molar-refractivity contribution >= 4 is 5.91 Å². The van der Waals surface area contributed by atoms with E-state index in [0.29, 0.717) is 12.0 Å². The second-order valence-corrected chi connectivity index (χ2v) is 3.69. The highest BCUT2D eigenvalue weighted by Gasteiger charge is 2.37. The van der Waals surface area contributed by atoms with Gasteiger partial charge in [0.25, 0.3) is 0 Å². The Morgan fingerprint density at radius 1 is 1.45 bits per heavy atom. The minimum atomic E-state index is -0.0961. The third kappa shape index (κ3) is 1.13. The molecule has 0 aromatic rings. The highest BCUT2D eigenvalue weighted by atomic mass is 16.1. The highest BCUT2D eigenvalue weighted by molar-refractivity contribution is 5.77. The molecule has 3 atom stereocenters. The van der Waals surface area contributed by atoms with Crippen molar-refractivity contribution in [3.8, 4) is 0 Å². The number of carbonyl (C=O) groups is 1. The van der Waals surface area contributed by atoms with Crippen LogP contribution in [0.3, 0.4) is 0 Å². The lowest BCUT2D eigenvalue weighted by atomic mass is 9.73. The van der Waals surface area contributed by atoms with Gasteiger partial charge in [-0.25, -0.2) is 0 Å². The van der Waals surface area contributed by atoms with E-state index < -0.39 is 0 Å². The summed E-state index contributed by atoms with van der Waals surface area (Å²) in [6, 6.07) is 0.567. The maximum absolute atomic E-state index is 10.9. The van der Waals surface area contributed by atoms with Crippen LogP contribution in [-0.2, 0) is 4.79 Å². The van der Waals surface area contributed by atoms with E-state index in [4.69, 9.17) is 5.73 Å². The SMILES string of the molecule is NC(=O)C1CC2CCC1CN2. The Morgan fingerprint density at radius 3 is 2.55 bits per heavy atom. The summed E-state index contributed by atoms with van der Waals surface area (Å²) in [6.07, 6.45) is 3.39. The third-order valence-corrected chi connectivity index (χ3v) is 3.03. The van der Waals surface area contributed by atoms with E-state index in [0.717, 1.165) is 13.0 Å². The van der Waals surface area contributed by atoms with Crippen LogP contribution in [0.1, 0.15) is 19.3 Å². The predicted molar refractivity (Wildman–Crippen MR) is 41.8 cm³/mol. The van der Waals surface area contributed by atoms with Crippen LogP contribution in [0.4, 0.5) is 0 Å². The fourth-order valence-corrected chi connectivity index (χ4v) is 2.33. The van der Waals surface area contributed by atoms with Crippen LogP contribution < -0.4 is 11.1 Å². The molecule has 1 aliphatic carbocycles. The molecule has 0 radical (unpaired) electrons. The van der Waals surface area contributed by atoms with Crippen LogP contribution in [0.25, 0.3) is 0 Å². The molecule has 0 aromatic heterocycles. The van der Waals surface area contributed by atoms with Gasteiger partial charge in [-0.15, -0.1) is 0 Å². The first-order valence-electron chi connectivity index (χ1n) is 4.30. The molecule has 2 saturated heterocycles. The molecule has 3 nitrogen and oxygen atoms in total. The van der Waals surface area contributed by atoms with Crippen LogP contribution in [0, 0.1) is 11.8 Å². The average molecular weight is 154 g/mol. The van der Waals surface area contributed by atoms with Gasteiger partial charge in [0.15, 0.2) is 0 Å². The number of hydrogen-bond acceptors (Lipinski definition) is 2. The number of primary amides is 1. The molecule has 0 spiro atoms. The maximum atomic E-state index is 10.9. The lowest BCUT2D eigenvalue weighted by Crippen LogP contribution is -2.52. The first-order chi connectivity index (χ1) is 5.27. The molecule has 0 aromatic carbocycles. The van der Waals surface area contributed by atoms with Gasteiger partial charge in [0.1, 0.15) is 0 Å². The number of nitrogens with two attached hydrogens (primary N) is 1. The number of amides is 1. The number of fused-ring (bicyclic) bond motifs is 3. The minimum Gasteiger partial charge on any atom is -0.369 e. The Morgan fingerprint density at radius 2 is 2.27 bits per heavy atom. The lowest BCUT2D eigenvalue weighted by Gasteiger charge is -2.41. The van der Waals surface area contributed by atoms with Gasteiger partial charge in [-0.3, -0.25) is 4.79 Å². The van der Waals surface area contributed by atoms with E-state index in [1.54, 1.807) is 0 Å². The lowest BCUT2D eigenvalue weighted by molar-refractivity contribution is -0.125. The summed E-state index contributed by atoms with van der Waals surface area (Å²) in [4.78, 5) is 10.9. The zero-order valence-electron chi connectivity index (χ0n) is 6.55. The van der Waals surface area contributed by atoms with Crippen molar-refractivity contribution in [3.05, 3.63) is 0 Å². The Labute approximate surface area is 66.3 Å². The number of nitrogens with one attached hydrogen (secondary N) is 1. The van der Waals surface area contributed by atoms with E-state index in [2.05, 4.69) is 5.32 Å². The fraction of sp³-hybridized carbons (Fsp3) is 0.875. The second kappa shape index (κ2) is 2.48. The predicted octanol–water partition coefficient (Wildman–Crippen LogP) is -0.140. The molecular weight excluding hydrogens is 140 g/mol.